The number of imidazole rings is 1. The first-order chi connectivity index (χ1) is 11.6. The molecule has 0 saturated heterocycles. The molecule has 0 spiro atoms. The van der Waals surface area contributed by atoms with Crippen LogP contribution in [0.3, 0.4) is 0 Å². The van der Waals surface area contributed by atoms with Crippen molar-refractivity contribution in [3.8, 4) is 11.5 Å². The van der Waals surface area contributed by atoms with Crippen LogP contribution in [0.2, 0.25) is 0 Å². The quantitative estimate of drug-likeness (QED) is 0.533. The summed E-state index contributed by atoms with van der Waals surface area (Å²) in [5, 5.41) is 0. The molecule has 1 heterocycles. The lowest BCUT2D eigenvalue weighted by atomic mass is 10.3. The van der Waals surface area contributed by atoms with E-state index in [0.29, 0.717) is 23.6 Å². The molecule has 0 unspecified atom stereocenters. The van der Waals surface area contributed by atoms with Gasteiger partial charge in [0.05, 0.1) is 17.6 Å². The van der Waals surface area contributed by atoms with Crippen molar-refractivity contribution in [1.82, 2.24) is 9.13 Å². The molecule has 0 aliphatic rings. The molecule has 124 valence electrons. The highest BCUT2D eigenvalue weighted by Gasteiger charge is 2.16. The van der Waals surface area contributed by atoms with Crippen LogP contribution in [0, 0.1) is 0 Å². The first-order valence-corrected chi connectivity index (χ1v) is 7.68. The summed E-state index contributed by atoms with van der Waals surface area (Å²) in [7, 11) is 1.68. The number of carbonyl (C=O) groups excluding carboxylic acids is 1. The van der Waals surface area contributed by atoms with Crippen molar-refractivity contribution < 1.29 is 14.3 Å². The molecule has 0 N–H and O–H groups in total. The predicted octanol–water partition coefficient (Wildman–Crippen LogP) is 2.34. The molecule has 0 fully saturated rings. The molecule has 3 rings (SSSR count). The SMILES string of the molecule is CCOc1ccccc1OC(=O)Cn1c(=O)n(C)c2ccccc21. The van der Waals surface area contributed by atoms with Crippen LogP contribution < -0.4 is 15.2 Å². The number of fused-ring (bicyclic) bond motifs is 1. The molecular formula is C18H18N2O4. The Balaban J connectivity index is 1.87. The van der Waals surface area contributed by atoms with Crippen LogP contribution >= 0.6 is 0 Å². The summed E-state index contributed by atoms with van der Waals surface area (Å²) in [5.74, 6) is 0.317. The van der Waals surface area contributed by atoms with Crippen molar-refractivity contribution >= 4 is 17.0 Å². The number of nitrogens with zero attached hydrogens (tertiary/aromatic N) is 2. The first kappa shape index (κ1) is 15.9. The van der Waals surface area contributed by atoms with Crippen LogP contribution in [0.25, 0.3) is 11.0 Å². The lowest BCUT2D eigenvalue weighted by Crippen LogP contribution is -2.27. The second-order valence-corrected chi connectivity index (χ2v) is 5.27. The van der Waals surface area contributed by atoms with Gasteiger partial charge in [-0.2, -0.15) is 0 Å². The van der Waals surface area contributed by atoms with Crippen molar-refractivity contribution in [2.45, 2.75) is 13.5 Å². The van der Waals surface area contributed by atoms with Crippen molar-refractivity contribution in [1.29, 1.82) is 0 Å². The van der Waals surface area contributed by atoms with Gasteiger partial charge in [0.25, 0.3) is 0 Å². The van der Waals surface area contributed by atoms with Gasteiger partial charge in [0.15, 0.2) is 11.5 Å². The minimum absolute atomic E-state index is 0.166. The fourth-order valence-electron chi connectivity index (χ4n) is 2.61. The average molecular weight is 326 g/mol. The Hall–Kier alpha value is -3.02. The monoisotopic (exact) mass is 326 g/mol. The molecule has 0 atom stereocenters. The van der Waals surface area contributed by atoms with Crippen LogP contribution in [0.4, 0.5) is 0 Å². The van der Waals surface area contributed by atoms with E-state index < -0.39 is 5.97 Å². The number of hydrogen-bond acceptors (Lipinski definition) is 4. The maximum Gasteiger partial charge on any atom is 0.331 e. The number of para-hydroxylation sites is 4. The highest BCUT2D eigenvalue weighted by atomic mass is 16.6. The number of hydrogen-bond donors (Lipinski definition) is 0. The van der Waals surface area contributed by atoms with Crippen LogP contribution in [0.15, 0.2) is 53.3 Å². The summed E-state index contributed by atoms with van der Waals surface area (Å²) < 4.78 is 13.7. The third-order valence-electron chi connectivity index (χ3n) is 3.71. The highest BCUT2D eigenvalue weighted by Crippen LogP contribution is 2.26. The number of benzene rings is 2. The van der Waals surface area contributed by atoms with Crippen molar-refractivity contribution in [3.63, 3.8) is 0 Å². The minimum Gasteiger partial charge on any atom is -0.490 e. The first-order valence-electron chi connectivity index (χ1n) is 7.68. The lowest BCUT2D eigenvalue weighted by Gasteiger charge is -2.10. The second kappa shape index (κ2) is 6.62. The molecule has 0 saturated carbocycles. The lowest BCUT2D eigenvalue weighted by molar-refractivity contribution is -0.135. The second-order valence-electron chi connectivity index (χ2n) is 5.27. The Labute approximate surface area is 138 Å². The Kier molecular flexibility index (Phi) is 4.37. The summed E-state index contributed by atoms with van der Waals surface area (Å²) in [5.41, 5.74) is 1.20. The normalized spacial score (nSPS) is 10.8. The van der Waals surface area contributed by atoms with Crippen LogP contribution in [-0.2, 0) is 18.4 Å². The fraction of sp³-hybridized carbons (Fsp3) is 0.222. The number of aryl methyl sites for hydroxylation is 1. The van der Waals surface area contributed by atoms with E-state index in [9.17, 15) is 9.59 Å². The topological polar surface area (TPSA) is 62.5 Å². The Morgan fingerprint density at radius 1 is 1.00 bits per heavy atom. The van der Waals surface area contributed by atoms with Gasteiger partial charge in [0.1, 0.15) is 6.54 Å². The number of carbonyl (C=O) groups is 1. The van der Waals surface area contributed by atoms with E-state index in [1.807, 2.05) is 25.1 Å². The van der Waals surface area contributed by atoms with E-state index in [4.69, 9.17) is 9.47 Å². The Morgan fingerprint density at radius 2 is 1.62 bits per heavy atom. The van der Waals surface area contributed by atoms with Gasteiger partial charge in [0, 0.05) is 7.05 Å². The maximum absolute atomic E-state index is 12.3. The molecule has 1 aromatic heterocycles. The van der Waals surface area contributed by atoms with Crippen LogP contribution in [0.1, 0.15) is 6.92 Å². The number of esters is 1. The molecule has 0 bridgehead atoms. The number of aromatic nitrogens is 2. The van der Waals surface area contributed by atoms with Gasteiger partial charge in [-0.25, -0.2) is 9.59 Å². The van der Waals surface area contributed by atoms with E-state index in [-0.39, 0.29) is 12.2 Å². The summed E-state index contributed by atoms with van der Waals surface area (Å²) in [4.78, 5) is 24.6. The van der Waals surface area contributed by atoms with Crippen LogP contribution in [-0.4, -0.2) is 21.7 Å². The smallest absolute Gasteiger partial charge is 0.331 e. The van der Waals surface area contributed by atoms with E-state index >= 15 is 0 Å². The third kappa shape index (κ3) is 2.90. The van der Waals surface area contributed by atoms with Gasteiger partial charge in [-0.05, 0) is 31.2 Å². The molecule has 2 aromatic carbocycles. The van der Waals surface area contributed by atoms with Crippen molar-refractivity contribution in [2.75, 3.05) is 6.61 Å². The van der Waals surface area contributed by atoms with E-state index in [0.717, 1.165) is 5.52 Å². The van der Waals surface area contributed by atoms with Gasteiger partial charge >= 0.3 is 11.7 Å². The third-order valence-corrected chi connectivity index (χ3v) is 3.71. The van der Waals surface area contributed by atoms with Gasteiger partial charge in [-0.1, -0.05) is 24.3 Å². The molecular weight excluding hydrogens is 308 g/mol. The minimum atomic E-state index is -0.527. The molecule has 6 nitrogen and oxygen atoms in total. The average Bonchev–Trinajstić information content (AvgIpc) is 2.82. The van der Waals surface area contributed by atoms with Crippen LogP contribution in [0.5, 0.6) is 11.5 Å². The molecule has 0 radical (unpaired) electrons. The standard InChI is InChI=1S/C18H18N2O4/c1-3-23-15-10-6-7-11-16(15)24-17(21)12-20-14-9-5-4-8-13(14)19(2)18(20)22/h4-11H,3,12H2,1-2H3. The summed E-state index contributed by atoms with van der Waals surface area (Å²) in [6.45, 7) is 2.16. The molecule has 0 aliphatic heterocycles. The molecule has 6 heteroatoms. The number of rotatable bonds is 5. The molecule has 3 aromatic rings. The van der Waals surface area contributed by atoms with Gasteiger partial charge in [-0.15, -0.1) is 0 Å². The van der Waals surface area contributed by atoms with E-state index in [2.05, 4.69) is 0 Å². The number of ether oxygens (including phenoxy) is 2. The summed E-state index contributed by atoms with van der Waals surface area (Å²) in [6.07, 6.45) is 0. The fourth-order valence-corrected chi connectivity index (χ4v) is 2.61. The van der Waals surface area contributed by atoms with Crippen molar-refractivity contribution in [3.05, 3.63) is 59.0 Å². The van der Waals surface area contributed by atoms with Gasteiger partial charge in [0.2, 0.25) is 0 Å². The Morgan fingerprint density at radius 3 is 2.33 bits per heavy atom. The zero-order valence-electron chi connectivity index (χ0n) is 13.6. The maximum atomic E-state index is 12.3. The van der Waals surface area contributed by atoms with Gasteiger partial charge < -0.3 is 9.47 Å². The predicted molar refractivity (Wildman–Crippen MR) is 90.4 cm³/mol. The zero-order valence-corrected chi connectivity index (χ0v) is 13.6. The molecule has 0 amide bonds. The largest absolute Gasteiger partial charge is 0.490 e. The highest BCUT2D eigenvalue weighted by molar-refractivity contribution is 5.79. The van der Waals surface area contributed by atoms with E-state index in [1.54, 1.807) is 37.4 Å². The molecule has 24 heavy (non-hydrogen) atoms. The summed E-state index contributed by atoms with van der Waals surface area (Å²) >= 11 is 0. The van der Waals surface area contributed by atoms with E-state index in [1.165, 1.54) is 9.13 Å². The Bertz CT molecular complexity index is 940. The molecule has 0 aliphatic carbocycles. The van der Waals surface area contributed by atoms with Gasteiger partial charge in [-0.3, -0.25) is 9.13 Å². The zero-order chi connectivity index (χ0) is 17.1. The summed E-state index contributed by atoms with van der Waals surface area (Å²) in [6, 6.07) is 14.3. The van der Waals surface area contributed by atoms with Crippen molar-refractivity contribution in [2.24, 2.45) is 7.05 Å².